The van der Waals surface area contributed by atoms with Crippen LogP contribution in [0, 0.1) is 0 Å². The van der Waals surface area contributed by atoms with Crippen LogP contribution in [0.1, 0.15) is 31.1 Å². The van der Waals surface area contributed by atoms with Gasteiger partial charge < -0.3 is 20.1 Å². The fourth-order valence-corrected chi connectivity index (χ4v) is 2.17. The molecule has 142 valence electrons. The Bertz CT molecular complexity index is 798. The van der Waals surface area contributed by atoms with Crippen molar-refractivity contribution in [3.63, 3.8) is 0 Å². The highest BCUT2D eigenvalue weighted by molar-refractivity contribution is 6.43. The molecule has 2 aromatic carbocycles. The van der Waals surface area contributed by atoms with Gasteiger partial charge in [-0.15, -0.1) is 0 Å². The minimum absolute atomic E-state index is 0.0476. The van der Waals surface area contributed by atoms with E-state index in [1.54, 1.807) is 31.2 Å². The highest BCUT2D eigenvalue weighted by Crippen LogP contribution is 2.17. The monoisotopic (exact) mass is 370 g/mol. The summed E-state index contributed by atoms with van der Waals surface area (Å²) in [4.78, 5) is 35.6. The molecule has 0 saturated heterocycles. The summed E-state index contributed by atoms with van der Waals surface area (Å²) in [5.74, 6) is -1.39. The Hall–Kier alpha value is -3.35. The number of ether oxygens (including phenoxy) is 2. The molecule has 0 aliphatic heterocycles. The molecule has 7 heteroatoms. The first-order valence-electron chi connectivity index (χ1n) is 8.55. The number of rotatable bonds is 6. The van der Waals surface area contributed by atoms with Gasteiger partial charge in [0.05, 0.1) is 18.3 Å². The van der Waals surface area contributed by atoms with Crippen LogP contribution in [0.25, 0.3) is 0 Å². The molecule has 0 aliphatic carbocycles. The van der Waals surface area contributed by atoms with Crippen molar-refractivity contribution in [1.29, 1.82) is 0 Å². The average molecular weight is 370 g/mol. The van der Waals surface area contributed by atoms with Crippen molar-refractivity contribution in [3.05, 3.63) is 54.1 Å². The molecule has 0 saturated carbocycles. The van der Waals surface area contributed by atoms with E-state index in [1.165, 1.54) is 24.3 Å². The Kier molecular flexibility index (Phi) is 6.93. The topological polar surface area (TPSA) is 93.7 Å². The number of hydrogen-bond acceptors (Lipinski definition) is 5. The molecular formula is C20H22N2O5. The van der Waals surface area contributed by atoms with Crippen molar-refractivity contribution in [3.8, 4) is 5.75 Å². The molecule has 0 fully saturated rings. The van der Waals surface area contributed by atoms with Gasteiger partial charge in [0, 0.05) is 11.4 Å². The molecule has 2 aromatic rings. The standard InChI is InChI=1S/C20H22N2O5/c1-4-26-20(25)14-5-7-15(8-6-14)21-18(23)19(24)22-16-9-11-17(12-10-16)27-13(2)3/h5-13H,4H2,1-3H3,(H,21,23)(H,22,24). The van der Waals surface area contributed by atoms with Gasteiger partial charge in [0.25, 0.3) is 0 Å². The summed E-state index contributed by atoms with van der Waals surface area (Å²) < 4.78 is 10.4. The maximum Gasteiger partial charge on any atom is 0.338 e. The van der Waals surface area contributed by atoms with Crippen LogP contribution in [0.3, 0.4) is 0 Å². The molecule has 2 amide bonds. The third kappa shape index (κ3) is 6.14. The zero-order chi connectivity index (χ0) is 19.8. The number of amides is 2. The lowest BCUT2D eigenvalue weighted by atomic mass is 10.2. The van der Waals surface area contributed by atoms with Gasteiger partial charge in [0.1, 0.15) is 5.75 Å². The minimum atomic E-state index is -0.818. The van der Waals surface area contributed by atoms with Crippen molar-refractivity contribution in [2.45, 2.75) is 26.9 Å². The predicted octanol–water partition coefficient (Wildman–Crippen LogP) is 3.23. The molecule has 0 aromatic heterocycles. The fourth-order valence-electron chi connectivity index (χ4n) is 2.17. The van der Waals surface area contributed by atoms with Crippen molar-refractivity contribution in [2.24, 2.45) is 0 Å². The largest absolute Gasteiger partial charge is 0.491 e. The molecule has 2 N–H and O–H groups in total. The van der Waals surface area contributed by atoms with E-state index in [0.29, 0.717) is 22.7 Å². The Balaban J connectivity index is 1.91. The number of carbonyl (C=O) groups excluding carboxylic acids is 3. The van der Waals surface area contributed by atoms with Crippen LogP contribution in [-0.4, -0.2) is 30.5 Å². The maximum absolute atomic E-state index is 12.0. The van der Waals surface area contributed by atoms with Crippen LogP contribution >= 0.6 is 0 Å². The van der Waals surface area contributed by atoms with Gasteiger partial charge >= 0.3 is 17.8 Å². The lowest BCUT2D eigenvalue weighted by molar-refractivity contribution is -0.132. The van der Waals surface area contributed by atoms with Crippen LogP contribution in [0.4, 0.5) is 11.4 Å². The van der Waals surface area contributed by atoms with Gasteiger partial charge in [-0.2, -0.15) is 0 Å². The lowest BCUT2D eigenvalue weighted by Crippen LogP contribution is -2.29. The smallest absolute Gasteiger partial charge is 0.338 e. The van der Waals surface area contributed by atoms with Crippen molar-refractivity contribution < 1.29 is 23.9 Å². The van der Waals surface area contributed by atoms with E-state index in [9.17, 15) is 14.4 Å². The summed E-state index contributed by atoms with van der Waals surface area (Å²) in [6.07, 6.45) is 0.0476. The second-order valence-electron chi connectivity index (χ2n) is 5.90. The van der Waals surface area contributed by atoms with Crippen LogP contribution in [0.2, 0.25) is 0 Å². The molecule has 0 heterocycles. The van der Waals surface area contributed by atoms with Gasteiger partial charge in [-0.1, -0.05) is 0 Å². The van der Waals surface area contributed by atoms with Gasteiger partial charge in [0.15, 0.2) is 0 Å². The van der Waals surface area contributed by atoms with E-state index in [1.807, 2.05) is 13.8 Å². The zero-order valence-electron chi connectivity index (χ0n) is 15.4. The Morgan fingerprint density at radius 3 is 1.78 bits per heavy atom. The molecule has 0 bridgehead atoms. The molecule has 0 radical (unpaired) electrons. The highest BCUT2D eigenvalue weighted by atomic mass is 16.5. The van der Waals surface area contributed by atoms with Crippen LogP contribution in [-0.2, 0) is 14.3 Å². The number of nitrogens with one attached hydrogen (secondary N) is 2. The molecule has 0 atom stereocenters. The summed E-state index contributed by atoms with van der Waals surface area (Å²) in [5.41, 5.74) is 1.23. The lowest BCUT2D eigenvalue weighted by Gasteiger charge is -2.11. The van der Waals surface area contributed by atoms with E-state index in [0.717, 1.165) is 0 Å². The van der Waals surface area contributed by atoms with E-state index < -0.39 is 17.8 Å². The van der Waals surface area contributed by atoms with Gasteiger partial charge in [0.2, 0.25) is 0 Å². The Morgan fingerprint density at radius 1 is 0.852 bits per heavy atom. The van der Waals surface area contributed by atoms with Gasteiger partial charge in [-0.3, -0.25) is 9.59 Å². The number of carbonyl (C=O) groups is 3. The molecular weight excluding hydrogens is 348 g/mol. The molecule has 0 unspecified atom stereocenters. The minimum Gasteiger partial charge on any atom is -0.491 e. The third-order valence-electron chi connectivity index (χ3n) is 3.34. The van der Waals surface area contributed by atoms with Crippen LogP contribution < -0.4 is 15.4 Å². The first kappa shape index (κ1) is 20.0. The van der Waals surface area contributed by atoms with Crippen molar-refractivity contribution >= 4 is 29.2 Å². The summed E-state index contributed by atoms with van der Waals surface area (Å²) in [7, 11) is 0. The Labute approximate surface area is 157 Å². The normalized spacial score (nSPS) is 10.2. The summed E-state index contributed by atoms with van der Waals surface area (Å²) in [6, 6.07) is 12.8. The van der Waals surface area contributed by atoms with E-state index >= 15 is 0 Å². The van der Waals surface area contributed by atoms with Crippen molar-refractivity contribution in [2.75, 3.05) is 17.2 Å². The predicted molar refractivity (Wildman–Crippen MR) is 102 cm³/mol. The molecule has 2 rings (SSSR count). The van der Waals surface area contributed by atoms with E-state index in [2.05, 4.69) is 10.6 Å². The van der Waals surface area contributed by atoms with Crippen LogP contribution in [0.5, 0.6) is 5.75 Å². The highest BCUT2D eigenvalue weighted by Gasteiger charge is 2.15. The third-order valence-corrected chi connectivity index (χ3v) is 3.34. The average Bonchev–Trinajstić information content (AvgIpc) is 2.63. The fraction of sp³-hybridized carbons (Fsp3) is 0.250. The molecule has 0 spiro atoms. The number of anilines is 2. The molecule has 27 heavy (non-hydrogen) atoms. The van der Waals surface area contributed by atoms with Crippen LogP contribution in [0.15, 0.2) is 48.5 Å². The van der Waals surface area contributed by atoms with Crippen molar-refractivity contribution in [1.82, 2.24) is 0 Å². The summed E-state index contributed by atoms with van der Waals surface area (Å²) in [6.45, 7) is 5.83. The number of esters is 1. The Morgan fingerprint density at radius 2 is 1.33 bits per heavy atom. The first-order chi connectivity index (χ1) is 12.9. The maximum atomic E-state index is 12.0. The zero-order valence-corrected chi connectivity index (χ0v) is 15.4. The number of hydrogen-bond donors (Lipinski definition) is 2. The molecule has 7 nitrogen and oxygen atoms in total. The van der Waals surface area contributed by atoms with Gasteiger partial charge in [-0.05, 0) is 69.3 Å². The second-order valence-corrected chi connectivity index (χ2v) is 5.90. The molecule has 0 aliphatic rings. The van der Waals surface area contributed by atoms with E-state index in [-0.39, 0.29) is 12.7 Å². The van der Waals surface area contributed by atoms with E-state index in [4.69, 9.17) is 9.47 Å². The quantitative estimate of drug-likeness (QED) is 0.601. The summed E-state index contributed by atoms with van der Waals surface area (Å²) >= 11 is 0. The van der Waals surface area contributed by atoms with Gasteiger partial charge in [-0.25, -0.2) is 4.79 Å². The summed E-state index contributed by atoms with van der Waals surface area (Å²) in [5, 5.41) is 4.98. The second kappa shape index (κ2) is 9.38. The first-order valence-corrected chi connectivity index (χ1v) is 8.55. The SMILES string of the molecule is CCOC(=O)c1ccc(NC(=O)C(=O)Nc2ccc(OC(C)C)cc2)cc1. The number of benzene rings is 2.